The van der Waals surface area contributed by atoms with Gasteiger partial charge in [-0.1, -0.05) is 24.3 Å². The van der Waals surface area contributed by atoms with Gasteiger partial charge in [-0.05, 0) is 47.7 Å². The molecule has 1 fully saturated rings. The summed E-state index contributed by atoms with van der Waals surface area (Å²) in [6.07, 6.45) is 1.64. The quantitative estimate of drug-likeness (QED) is 0.517. The summed E-state index contributed by atoms with van der Waals surface area (Å²) in [4.78, 5) is 40.1. The number of ether oxygens (including phenoxy) is 1. The summed E-state index contributed by atoms with van der Waals surface area (Å²) < 4.78 is 7.24. The molecule has 0 spiro atoms. The number of rotatable bonds is 4. The fourth-order valence-corrected chi connectivity index (χ4v) is 3.46. The van der Waals surface area contributed by atoms with Crippen molar-refractivity contribution in [2.75, 3.05) is 0 Å². The fourth-order valence-electron chi connectivity index (χ4n) is 2.77. The molecule has 1 aromatic heterocycles. The van der Waals surface area contributed by atoms with Crippen LogP contribution in [-0.4, -0.2) is 50.3 Å². The van der Waals surface area contributed by atoms with E-state index in [0.717, 1.165) is 17.3 Å². The van der Waals surface area contributed by atoms with E-state index in [4.69, 9.17) is 4.74 Å². The van der Waals surface area contributed by atoms with Gasteiger partial charge in [0.15, 0.2) is 0 Å². The average Bonchev–Trinajstić information content (AvgIpc) is 3.01. The summed E-state index contributed by atoms with van der Waals surface area (Å²) >= 11 is 0.874. The van der Waals surface area contributed by atoms with E-state index in [1.807, 2.05) is 12.1 Å². The van der Waals surface area contributed by atoms with Gasteiger partial charge in [0.05, 0.1) is 15.8 Å². The van der Waals surface area contributed by atoms with Crippen molar-refractivity contribution in [3.05, 3.63) is 75.2 Å². The SMILES string of the molecule is Cn1c(COc2ccc(C=C3SC(=O)NC3=O)cc2)nc2ccccc2c1=O.[NaH]. The monoisotopic (exact) mass is 417 g/mol. The molecule has 9 heteroatoms. The molecule has 0 bridgehead atoms. The summed E-state index contributed by atoms with van der Waals surface area (Å²) in [5, 5.41) is 2.41. The minimum absolute atomic E-state index is 0. The van der Waals surface area contributed by atoms with Crippen molar-refractivity contribution in [2.24, 2.45) is 7.05 Å². The van der Waals surface area contributed by atoms with E-state index < -0.39 is 5.91 Å². The van der Waals surface area contributed by atoms with E-state index >= 15 is 0 Å². The van der Waals surface area contributed by atoms with E-state index in [2.05, 4.69) is 10.3 Å². The van der Waals surface area contributed by atoms with Crippen LogP contribution < -0.4 is 15.6 Å². The number of nitrogens with zero attached hydrogens (tertiary/aromatic N) is 2. The maximum absolute atomic E-state index is 12.4. The first-order chi connectivity index (χ1) is 13.5. The van der Waals surface area contributed by atoms with Gasteiger partial charge in [0, 0.05) is 7.05 Å². The van der Waals surface area contributed by atoms with Crippen LogP contribution in [0.2, 0.25) is 0 Å². The number of hydrogen-bond donors (Lipinski definition) is 1. The fraction of sp³-hybridized carbons (Fsp3) is 0.100. The molecule has 3 aromatic rings. The molecular formula is C20H16N3NaO4S. The summed E-state index contributed by atoms with van der Waals surface area (Å²) in [6.45, 7) is 0.143. The molecule has 0 aliphatic carbocycles. The molecule has 0 unspecified atom stereocenters. The Morgan fingerprint density at radius 3 is 2.52 bits per heavy atom. The van der Waals surface area contributed by atoms with Gasteiger partial charge in [-0.25, -0.2) is 4.98 Å². The van der Waals surface area contributed by atoms with Gasteiger partial charge in [0.2, 0.25) is 0 Å². The van der Waals surface area contributed by atoms with Crippen LogP contribution in [0, 0.1) is 0 Å². The topological polar surface area (TPSA) is 90.3 Å². The van der Waals surface area contributed by atoms with Crippen LogP contribution in [0.1, 0.15) is 11.4 Å². The summed E-state index contributed by atoms with van der Waals surface area (Å²) in [6, 6.07) is 14.3. The van der Waals surface area contributed by atoms with Crippen molar-refractivity contribution in [1.82, 2.24) is 14.9 Å². The van der Waals surface area contributed by atoms with Gasteiger partial charge >= 0.3 is 29.6 Å². The molecule has 142 valence electrons. The Balaban J connectivity index is 0.00000240. The number of amides is 2. The zero-order valence-corrected chi connectivity index (χ0v) is 15.7. The van der Waals surface area contributed by atoms with Crippen LogP contribution in [-0.2, 0) is 18.4 Å². The Morgan fingerprint density at radius 1 is 1.10 bits per heavy atom. The number of hydrogen-bond acceptors (Lipinski definition) is 6. The summed E-state index contributed by atoms with van der Waals surface area (Å²) in [7, 11) is 1.67. The Morgan fingerprint density at radius 2 is 1.83 bits per heavy atom. The number of fused-ring (bicyclic) bond motifs is 1. The molecule has 7 nitrogen and oxygen atoms in total. The minimum atomic E-state index is -0.390. The van der Waals surface area contributed by atoms with Crippen LogP contribution in [0.4, 0.5) is 4.79 Å². The van der Waals surface area contributed by atoms with Crippen molar-refractivity contribution in [2.45, 2.75) is 6.61 Å². The third kappa shape index (κ3) is 4.62. The van der Waals surface area contributed by atoms with Crippen LogP contribution >= 0.6 is 11.8 Å². The number of carbonyl (C=O) groups is 2. The van der Waals surface area contributed by atoms with Gasteiger partial charge < -0.3 is 4.74 Å². The number of carbonyl (C=O) groups excluding carboxylic acids is 2. The second-order valence-electron chi connectivity index (χ2n) is 6.12. The molecule has 0 saturated carbocycles. The predicted octanol–water partition coefficient (Wildman–Crippen LogP) is 2.19. The second kappa shape index (κ2) is 8.96. The number of para-hydroxylation sites is 1. The molecule has 1 N–H and O–H groups in total. The number of imide groups is 1. The second-order valence-corrected chi connectivity index (χ2v) is 7.13. The third-order valence-corrected chi connectivity index (χ3v) is 5.07. The van der Waals surface area contributed by atoms with Crippen molar-refractivity contribution < 1.29 is 14.3 Å². The molecule has 4 rings (SSSR count). The first-order valence-electron chi connectivity index (χ1n) is 8.43. The molecule has 1 aliphatic rings. The van der Waals surface area contributed by atoms with Crippen LogP contribution in [0.3, 0.4) is 0 Å². The van der Waals surface area contributed by atoms with E-state index in [1.54, 1.807) is 49.5 Å². The molecule has 2 heterocycles. The molecular weight excluding hydrogens is 401 g/mol. The standard InChI is InChI=1S/C20H15N3O4S.Na.H/c1-23-17(21-15-5-3-2-4-14(15)19(23)25)11-27-13-8-6-12(7-9-13)10-16-18(24)22-20(26)28-16;;/h2-10H,11H2,1H3,(H,22,24,26);;. The van der Waals surface area contributed by atoms with Crippen molar-refractivity contribution in [3.63, 3.8) is 0 Å². The number of thioether (sulfide) groups is 1. The molecule has 0 radical (unpaired) electrons. The molecule has 1 saturated heterocycles. The number of benzene rings is 2. The molecule has 0 atom stereocenters. The van der Waals surface area contributed by atoms with Gasteiger partial charge in [0.1, 0.15) is 18.2 Å². The molecule has 2 aromatic carbocycles. The predicted molar refractivity (Wildman–Crippen MR) is 114 cm³/mol. The summed E-state index contributed by atoms with van der Waals surface area (Å²) in [5.74, 6) is 0.732. The number of aromatic nitrogens is 2. The zero-order valence-electron chi connectivity index (χ0n) is 14.8. The van der Waals surface area contributed by atoms with Crippen LogP contribution in [0.15, 0.2) is 58.2 Å². The first kappa shape index (κ1) is 21.3. The number of nitrogens with one attached hydrogen (secondary N) is 1. The Hall–Kier alpha value is -2.39. The Bertz CT molecular complexity index is 1190. The van der Waals surface area contributed by atoms with Gasteiger partial charge in [0.25, 0.3) is 16.7 Å². The maximum atomic E-state index is 12.4. The molecule has 29 heavy (non-hydrogen) atoms. The van der Waals surface area contributed by atoms with Crippen molar-refractivity contribution in [3.8, 4) is 5.75 Å². The molecule has 2 amide bonds. The van der Waals surface area contributed by atoms with Gasteiger partial charge in [-0.2, -0.15) is 0 Å². The van der Waals surface area contributed by atoms with E-state index in [1.165, 1.54) is 4.57 Å². The van der Waals surface area contributed by atoms with Crippen LogP contribution in [0.5, 0.6) is 5.75 Å². The van der Waals surface area contributed by atoms with E-state index in [-0.39, 0.29) is 47.0 Å². The summed E-state index contributed by atoms with van der Waals surface area (Å²) in [5.41, 5.74) is 1.29. The molecule has 1 aliphatic heterocycles. The van der Waals surface area contributed by atoms with Gasteiger partial charge in [-0.15, -0.1) is 0 Å². The Labute approximate surface area is 192 Å². The first-order valence-corrected chi connectivity index (χ1v) is 9.25. The average molecular weight is 417 g/mol. The van der Waals surface area contributed by atoms with Crippen molar-refractivity contribution >= 4 is 69.4 Å². The van der Waals surface area contributed by atoms with Crippen molar-refractivity contribution in [1.29, 1.82) is 0 Å². The van der Waals surface area contributed by atoms with Crippen LogP contribution in [0.25, 0.3) is 17.0 Å². The Kier molecular flexibility index (Phi) is 6.59. The third-order valence-electron chi connectivity index (χ3n) is 4.26. The van der Waals surface area contributed by atoms with E-state index in [9.17, 15) is 14.4 Å². The zero-order chi connectivity index (χ0) is 19.7. The van der Waals surface area contributed by atoms with Gasteiger partial charge in [-0.3, -0.25) is 24.3 Å². The normalized spacial score (nSPS) is 14.7. The van der Waals surface area contributed by atoms with E-state index in [0.29, 0.717) is 27.4 Å².